The largest absolute Gasteiger partial charge is 0.292 e. The first kappa shape index (κ1) is 11.0. The minimum atomic E-state index is -0.0151. The molecule has 0 aromatic carbocycles. The molecule has 0 spiro atoms. The highest BCUT2D eigenvalue weighted by Gasteiger charge is 2.15. The highest BCUT2D eigenvalue weighted by molar-refractivity contribution is 7.13. The molecule has 4 heteroatoms. The summed E-state index contributed by atoms with van der Waals surface area (Å²) in [4.78, 5) is 20.2. The van der Waals surface area contributed by atoms with Crippen LogP contribution in [0, 0.1) is 5.92 Å². The number of hydrogen-bond donors (Lipinski definition) is 0. The average molecular weight is 232 g/mol. The molecule has 0 fully saturated rings. The topological polar surface area (TPSA) is 42.9 Å². The fourth-order valence-corrected chi connectivity index (χ4v) is 2.07. The Morgan fingerprint density at radius 2 is 2.19 bits per heavy atom. The van der Waals surface area contributed by atoms with Crippen molar-refractivity contribution < 1.29 is 4.79 Å². The van der Waals surface area contributed by atoms with Crippen LogP contribution in [0.5, 0.6) is 0 Å². The lowest BCUT2D eigenvalue weighted by Gasteiger charge is -1.98. The van der Waals surface area contributed by atoms with Gasteiger partial charge in [0.05, 0.1) is 5.69 Å². The second-order valence-corrected chi connectivity index (χ2v) is 4.63. The number of carbonyl (C=O) groups excluding carboxylic acids is 1. The molecule has 0 atom stereocenters. The smallest absolute Gasteiger partial charge is 0.184 e. The Labute approximate surface area is 98.2 Å². The normalized spacial score (nSPS) is 10.7. The lowest BCUT2D eigenvalue weighted by Crippen LogP contribution is -2.07. The van der Waals surface area contributed by atoms with Crippen molar-refractivity contribution in [2.75, 3.05) is 0 Å². The minimum Gasteiger partial charge on any atom is -0.292 e. The van der Waals surface area contributed by atoms with E-state index in [0.717, 1.165) is 10.7 Å². The maximum atomic E-state index is 11.7. The highest BCUT2D eigenvalue weighted by Crippen LogP contribution is 2.22. The van der Waals surface area contributed by atoms with Gasteiger partial charge in [0.15, 0.2) is 5.78 Å². The fraction of sp³-hybridized carbons (Fsp3) is 0.250. The molecule has 2 heterocycles. The summed E-state index contributed by atoms with van der Waals surface area (Å²) in [5, 5.41) is 2.59. The van der Waals surface area contributed by atoms with Crippen LogP contribution in [0.4, 0.5) is 0 Å². The third-order valence-electron chi connectivity index (χ3n) is 2.17. The molecule has 0 N–H and O–H groups in total. The van der Waals surface area contributed by atoms with Gasteiger partial charge in [0.1, 0.15) is 10.7 Å². The Morgan fingerprint density at radius 1 is 1.38 bits per heavy atom. The minimum absolute atomic E-state index is 0.0151. The van der Waals surface area contributed by atoms with Gasteiger partial charge in [0, 0.05) is 17.5 Å². The molecule has 2 aromatic heterocycles. The van der Waals surface area contributed by atoms with Crippen LogP contribution >= 0.6 is 11.3 Å². The molecule has 0 bridgehead atoms. The van der Waals surface area contributed by atoms with Crippen LogP contribution < -0.4 is 0 Å². The van der Waals surface area contributed by atoms with Crippen LogP contribution in [-0.2, 0) is 0 Å². The van der Waals surface area contributed by atoms with E-state index in [9.17, 15) is 4.79 Å². The Balaban J connectivity index is 2.30. The molecule has 2 aromatic rings. The molecule has 2 rings (SSSR count). The molecule has 0 saturated carbocycles. The van der Waals surface area contributed by atoms with Crippen molar-refractivity contribution in [3.63, 3.8) is 0 Å². The summed E-state index contributed by atoms with van der Waals surface area (Å²) in [6.07, 6.45) is 1.72. The van der Waals surface area contributed by atoms with Gasteiger partial charge in [-0.1, -0.05) is 19.9 Å². The van der Waals surface area contributed by atoms with E-state index in [-0.39, 0.29) is 11.7 Å². The standard InChI is InChI=1S/C12H12N2OS/c1-8(2)11(15)10-7-16-12(14-10)9-5-3-4-6-13-9/h3-8H,1-2H3. The van der Waals surface area contributed by atoms with Gasteiger partial charge in [-0.15, -0.1) is 11.3 Å². The predicted octanol–water partition coefficient (Wildman–Crippen LogP) is 3.04. The molecule has 0 saturated heterocycles. The van der Waals surface area contributed by atoms with E-state index in [1.807, 2.05) is 32.0 Å². The van der Waals surface area contributed by atoms with Gasteiger partial charge in [-0.3, -0.25) is 9.78 Å². The molecular formula is C12H12N2OS. The average Bonchev–Trinajstić information content (AvgIpc) is 2.78. The first-order chi connectivity index (χ1) is 7.68. The maximum absolute atomic E-state index is 11.7. The van der Waals surface area contributed by atoms with E-state index in [1.165, 1.54) is 11.3 Å². The van der Waals surface area contributed by atoms with Gasteiger partial charge in [0.25, 0.3) is 0 Å². The number of pyridine rings is 1. The summed E-state index contributed by atoms with van der Waals surface area (Å²) in [7, 11) is 0. The van der Waals surface area contributed by atoms with Crippen molar-refractivity contribution in [1.82, 2.24) is 9.97 Å². The van der Waals surface area contributed by atoms with Gasteiger partial charge in [-0.2, -0.15) is 0 Å². The van der Waals surface area contributed by atoms with E-state index < -0.39 is 0 Å². The molecule has 0 radical (unpaired) electrons. The summed E-state index contributed by atoms with van der Waals surface area (Å²) in [6.45, 7) is 3.75. The van der Waals surface area contributed by atoms with Crippen molar-refractivity contribution >= 4 is 17.1 Å². The van der Waals surface area contributed by atoms with E-state index in [4.69, 9.17) is 0 Å². The number of hydrogen-bond acceptors (Lipinski definition) is 4. The molecule has 3 nitrogen and oxygen atoms in total. The number of thiazole rings is 1. The van der Waals surface area contributed by atoms with Crippen LogP contribution in [0.1, 0.15) is 24.3 Å². The summed E-state index contributed by atoms with van der Waals surface area (Å²) < 4.78 is 0. The fourth-order valence-electron chi connectivity index (χ4n) is 1.29. The Morgan fingerprint density at radius 3 is 2.81 bits per heavy atom. The third kappa shape index (κ3) is 2.17. The second-order valence-electron chi connectivity index (χ2n) is 3.77. The van der Waals surface area contributed by atoms with Crippen LogP contribution in [0.3, 0.4) is 0 Å². The van der Waals surface area contributed by atoms with Crippen molar-refractivity contribution in [3.05, 3.63) is 35.5 Å². The van der Waals surface area contributed by atoms with Gasteiger partial charge in [-0.05, 0) is 12.1 Å². The van der Waals surface area contributed by atoms with Crippen molar-refractivity contribution in [2.45, 2.75) is 13.8 Å². The van der Waals surface area contributed by atoms with E-state index in [2.05, 4.69) is 9.97 Å². The quantitative estimate of drug-likeness (QED) is 0.764. The van der Waals surface area contributed by atoms with E-state index in [1.54, 1.807) is 11.6 Å². The molecule has 0 aliphatic rings. The first-order valence-corrected chi connectivity index (χ1v) is 5.97. The zero-order valence-corrected chi connectivity index (χ0v) is 9.99. The number of carbonyl (C=O) groups is 1. The molecule has 16 heavy (non-hydrogen) atoms. The Hall–Kier alpha value is -1.55. The first-order valence-electron chi connectivity index (χ1n) is 5.09. The summed E-state index contributed by atoms with van der Waals surface area (Å²) in [6, 6.07) is 5.66. The zero-order chi connectivity index (χ0) is 11.5. The van der Waals surface area contributed by atoms with Crippen molar-refractivity contribution in [3.8, 4) is 10.7 Å². The molecule has 82 valence electrons. The van der Waals surface area contributed by atoms with Crippen LogP contribution in [0.25, 0.3) is 10.7 Å². The number of rotatable bonds is 3. The van der Waals surface area contributed by atoms with E-state index in [0.29, 0.717) is 5.69 Å². The summed E-state index contributed by atoms with van der Waals surface area (Å²) in [5.74, 6) is 0.0668. The molecule has 0 unspecified atom stereocenters. The molecule has 0 amide bonds. The second kappa shape index (κ2) is 4.53. The lowest BCUT2D eigenvalue weighted by molar-refractivity contribution is 0.0935. The van der Waals surface area contributed by atoms with Crippen molar-refractivity contribution in [1.29, 1.82) is 0 Å². The van der Waals surface area contributed by atoms with Crippen LogP contribution in [-0.4, -0.2) is 15.8 Å². The summed E-state index contributed by atoms with van der Waals surface area (Å²) in [5.41, 5.74) is 1.36. The lowest BCUT2D eigenvalue weighted by atomic mass is 10.1. The Kier molecular flexibility index (Phi) is 3.10. The van der Waals surface area contributed by atoms with Crippen molar-refractivity contribution in [2.24, 2.45) is 5.92 Å². The number of Topliss-reactive ketones (excluding diaryl/α,β-unsaturated/α-hetero) is 1. The van der Waals surface area contributed by atoms with Crippen LogP contribution in [0.2, 0.25) is 0 Å². The number of ketones is 1. The third-order valence-corrected chi connectivity index (χ3v) is 3.03. The Bertz CT molecular complexity index is 491. The van der Waals surface area contributed by atoms with Gasteiger partial charge in [0.2, 0.25) is 0 Å². The number of aromatic nitrogens is 2. The van der Waals surface area contributed by atoms with Gasteiger partial charge in [-0.25, -0.2) is 4.98 Å². The molecular weight excluding hydrogens is 220 g/mol. The zero-order valence-electron chi connectivity index (χ0n) is 9.18. The maximum Gasteiger partial charge on any atom is 0.184 e. The highest BCUT2D eigenvalue weighted by atomic mass is 32.1. The van der Waals surface area contributed by atoms with Crippen LogP contribution in [0.15, 0.2) is 29.8 Å². The number of nitrogens with zero attached hydrogens (tertiary/aromatic N) is 2. The van der Waals surface area contributed by atoms with E-state index >= 15 is 0 Å². The van der Waals surface area contributed by atoms with Gasteiger partial charge >= 0.3 is 0 Å². The molecule has 0 aliphatic carbocycles. The monoisotopic (exact) mass is 232 g/mol. The predicted molar refractivity (Wildman–Crippen MR) is 64.5 cm³/mol. The van der Waals surface area contributed by atoms with Gasteiger partial charge < -0.3 is 0 Å². The molecule has 0 aliphatic heterocycles. The SMILES string of the molecule is CC(C)C(=O)c1csc(-c2ccccn2)n1. The summed E-state index contributed by atoms with van der Waals surface area (Å²) >= 11 is 1.45.